The number of nitrogens with zero attached hydrogens (tertiary/aromatic N) is 3. The molecule has 2 aromatic heterocycles. The molecular formula is C15H13Cl2N5S. The maximum atomic E-state index is 6.16. The van der Waals surface area contributed by atoms with Gasteiger partial charge in [-0.2, -0.15) is 4.98 Å². The molecule has 0 aliphatic carbocycles. The molecule has 5 nitrogen and oxygen atoms in total. The Kier molecular flexibility index (Phi) is 3.67. The average Bonchev–Trinajstić information content (AvgIpc) is 3.17. The summed E-state index contributed by atoms with van der Waals surface area (Å²) in [4.78, 5) is 5.52. The minimum Gasteiger partial charge on any atom is -0.366 e. The summed E-state index contributed by atoms with van der Waals surface area (Å²) in [6.07, 6.45) is 0.828. The molecule has 0 unspecified atom stereocenters. The Morgan fingerprint density at radius 2 is 2.13 bits per heavy atom. The maximum Gasteiger partial charge on any atom is 0.241 e. The number of aromatic nitrogens is 3. The first kappa shape index (κ1) is 14.8. The number of nitrogens with two attached hydrogens (primary N) is 1. The molecule has 1 aliphatic heterocycles. The van der Waals surface area contributed by atoms with Crippen LogP contribution in [0.2, 0.25) is 10.0 Å². The zero-order valence-electron chi connectivity index (χ0n) is 11.9. The SMILES string of the molecule is Nc1nc2n(n1)[C@@H](c1cccs1)C[C@H](c1ccc(Cl)c(Cl)c1)N2. The molecule has 0 radical (unpaired) electrons. The van der Waals surface area contributed by atoms with Crippen molar-refractivity contribution in [2.24, 2.45) is 0 Å². The Labute approximate surface area is 147 Å². The Morgan fingerprint density at radius 3 is 2.87 bits per heavy atom. The topological polar surface area (TPSA) is 68.8 Å². The van der Waals surface area contributed by atoms with Crippen LogP contribution in [0, 0.1) is 0 Å². The molecule has 0 amide bonds. The van der Waals surface area contributed by atoms with Crippen molar-refractivity contribution in [3.05, 3.63) is 56.2 Å². The van der Waals surface area contributed by atoms with E-state index < -0.39 is 0 Å². The number of hydrogen-bond donors (Lipinski definition) is 2. The van der Waals surface area contributed by atoms with Gasteiger partial charge in [0.15, 0.2) is 0 Å². The summed E-state index contributed by atoms with van der Waals surface area (Å²) in [5.41, 5.74) is 6.85. The zero-order valence-corrected chi connectivity index (χ0v) is 14.2. The zero-order chi connectivity index (χ0) is 16.0. The lowest BCUT2D eigenvalue weighted by Crippen LogP contribution is -2.27. The Morgan fingerprint density at radius 1 is 1.26 bits per heavy atom. The van der Waals surface area contributed by atoms with Crippen molar-refractivity contribution in [1.29, 1.82) is 0 Å². The first-order valence-corrected chi connectivity index (χ1v) is 8.72. The Bertz CT molecular complexity index is 846. The molecule has 1 aliphatic rings. The monoisotopic (exact) mass is 365 g/mol. The smallest absolute Gasteiger partial charge is 0.241 e. The predicted molar refractivity (Wildman–Crippen MR) is 94.3 cm³/mol. The van der Waals surface area contributed by atoms with Gasteiger partial charge >= 0.3 is 0 Å². The van der Waals surface area contributed by atoms with E-state index in [4.69, 9.17) is 28.9 Å². The van der Waals surface area contributed by atoms with Gasteiger partial charge in [0.25, 0.3) is 0 Å². The minimum absolute atomic E-state index is 0.0629. The molecule has 118 valence electrons. The van der Waals surface area contributed by atoms with Crippen LogP contribution in [0.5, 0.6) is 0 Å². The highest BCUT2D eigenvalue weighted by Crippen LogP contribution is 2.40. The van der Waals surface area contributed by atoms with E-state index >= 15 is 0 Å². The van der Waals surface area contributed by atoms with E-state index in [0.29, 0.717) is 16.0 Å². The van der Waals surface area contributed by atoms with E-state index in [1.807, 2.05) is 28.9 Å². The molecule has 0 fully saturated rings. The second-order valence-electron chi connectivity index (χ2n) is 5.38. The van der Waals surface area contributed by atoms with Crippen molar-refractivity contribution in [2.75, 3.05) is 11.1 Å². The first-order chi connectivity index (χ1) is 11.1. The summed E-state index contributed by atoms with van der Waals surface area (Å²) >= 11 is 13.9. The van der Waals surface area contributed by atoms with Crippen molar-refractivity contribution in [2.45, 2.75) is 18.5 Å². The number of anilines is 2. The highest BCUT2D eigenvalue weighted by Gasteiger charge is 2.31. The summed E-state index contributed by atoms with van der Waals surface area (Å²) < 4.78 is 1.86. The van der Waals surface area contributed by atoms with Crippen molar-refractivity contribution in [3.8, 4) is 0 Å². The third-order valence-corrected chi connectivity index (χ3v) is 5.64. The van der Waals surface area contributed by atoms with Gasteiger partial charge in [-0.05, 0) is 35.6 Å². The van der Waals surface area contributed by atoms with Crippen LogP contribution in [-0.4, -0.2) is 14.8 Å². The lowest BCUT2D eigenvalue weighted by atomic mass is 9.97. The average molecular weight is 366 g/mol. The van der Waals surface area contributed by atoms with Crippen LogP contribution in [0.1, 0.15) is 28.9 Å². The lowest BCUT2D eigenvalue weighted by Gasteiger charge is -2.31. The normalized spacial score (nSPS) is 20.1. The molecule has 3 N–H and O–H groups in total. The second-order valence-corrected chi connectivity index (χ2v) is 7.17. The summed E-state index contributed by atoms with van der Waals surface area (Å²) in [7, 11) is 0. The van der Waals surface area contributed by atoms with Gasteiger partial charge in [0.2, 0.25) is 11.9 Å². The molecule has 8 heteroatoms. The van der Waals surface area contributed by atoms with Crippen LogP contribution in [0.3, 0.4) is 0 Å². The molecule has 3 heterocycles. The van der Waals surface area contributed by atoms with Gasteiger partial charge in [0.05, 0.1) is 22.1 Å². The van der Waals surface area contributed by atoms with Crippen LogP contribution in [0.4, 0.5) is 11.9 Å². The molecule has 23 heavy (non-hydrogen) atoms. The first-order valence-electron chi connectivity index (χ1n) is 7.08. The van der Waals surface area contributed by atoms with Crippen LogP contribution in [0.25, 0.3) is 0 Å². The fourth-order valence-electron chi connectivity index (χ4n) is 2.86. The fourth-order valence-corrected chi connectivity index (χ4v) is 3.99. The van der Waals surface area contributed by atoms with Gasteiger partial charge in [-0.15, -0.1) is 16.4 Å². The van der Waals surface area contributed by atoms with Gasteiger partial charge in [0, 0.05) is 4.88 Å². The summed E-state index contributed by atoms with van der Waals surface area (Å²) in [6, 6.07) is 9.98. The molecule has 2 atom stereocenters. The predicted octanol–water partition coefficient (Wildman–Crippen LogP) is 4.37. The van der Waals surface area contributed by atoms with Crippen LogP contribution in [0.15, 0.2) is 35.7 Å². The number of halogens is 2. The van der Waals surface area contributed by atoms with E-state index in [2.05, 4.69) is 26.8 Å². The van der Waals surface area contributed by atoms with Crippen LogP contribution >= 0.6 is 34.5 Å². The minimum atomic E-state index is 0.0629. The van der Waals surface area contributed by atoms with E-state index in [-0.39, 0.29) is 18.0 Å². The highest BCUT2D eigenvalue weighted by molar-refractivity contribution is 7.10. The molecule has 4 rings (SSSR count). The Hall–Kier alpha value is -1.76. The molecule has 0 saturated carbocycles. The summed E-state index contributed by atoms with van der Waals surface area (Å²) in [5.74, 6) is 0.937. The third kappa shape index (κ3) is 2.67. The molecular weight excluding hydrogens is 353 g/mol. The highest BCUT2D eigenvalue weighted by atomic mass is 35.5. The second kappa shape index (κ2) is 5.70. The number of thiophene rings is 1. The van der Waals surface area contributed by atoms with E-state index in [9.17, 15) is 0 Å². The van der Waals surface area contributed by atoms with E-state index in [1.54, 1.807) is 11.3 Å². The molecule has 1 aromatic carbocycles. The Balaban J connectivity index is 1.75. The van der Waals surface area contributed by atoms with E-state index in [1.165, 1.54) is 4.88 Å². The van der Waals surface area contributed by atoms with E-state index in [0.717, 1.165) is 12.0 Å². The van der Waals surface area contributed by atoms with Gasteiger partial charge in [-0.25, -0.2) is 4.68 Å². The van der Waals surface area contributed by atoms with Gasteiger partial charge in [-0.1, -0.05) is 35.3 Å². The van der Waals surface area contributed by atoms with Crippen LogP contribution < -0.4 is 11.1 Å². The number of fused-ring (bicyclic) bond motifs is 1. The molecule has 0 saturated heterocycles. The summed E-state index contributed by atoms with van der Waals surface area (Å²) in [5, 5.41) is 10.9. The lowest BCUT2D eigenvalue weighted by molar-refractivity contribution is 0.437. The number of nitrogen functional groups attached to an aromatic ring is 1. The maximum absolute atomic E-state index is 6.16. The number of benzene rings is 1. The van der Waals surface area contributed by atoms with Crippen molar-refractivity contribution in [1.82, 2.24) is 14.8 Å². The third-order valence-electron chi connectivity index (χ3n) is 3.92. The quantitative estimate of drug-likeness (QED) is 0.707. The number of hydrogen-bond acceptors (Lipinski definition) is 5. The summed E-state index contributed by atoms with van der Waals surface area (Å²) in [6.45, 7) is 0. The van der Waals surface area contributed by atoms with Gasteiger partial charge in [0.1, 0.15) is 0 Å². The molecule has 0 bridgehead atoms. The molecule has 0 spiro atoms. The fraction of sp³-hybridized carbons (Fsp3) is 0.200. The number of rotatable bonds is 2. The standard InChI is InChI=1S/C15H13Cl2N5S/c16-9-4-3-8(6-10(9)17)11-7-12(13-2-1-5-23-13)22-15(19-11)20-14(18)21-22/h1-6,11-12H,7H2,(H3,18,19,20,21)/t11-,12-/m1/s1. The van der Waals surface area contributed by atoms with Crippen molar-refractivity contribution >= 4 is 46.4 Å². The molecule has 3 aromatic rings. The largest absolute Gasteiger partial charge is 0.366 e. The van der Waals surface area contributed by atoms with Crippen LogP contribution in [-0.2, 0) is 0 Å². The van der Waals surface area contributed by atoms with Gasteiger partial charge < -0.3 is 11.1 Å². The number of nitrogens with one attached hydrogen (secondary N) is 1. The van der Waals surface area contributed by atoms with Gasteiger partial charge in [-0.3, -0.25) is 0 Å². The van der Waals surface area contributed by atoms with Crippen molar-refractivity contribution in [3.63, 3.8) is 0 Å². The van der Waals surface area contributed by atoms with Crippen molar-refractivity contribution < 1.29 is 0 Å².